The van der Waals surface area contributed by atoms with Crippen molar-refractivity contribution < 1.29 is 5.11 Å². The van der Waals surface area contributed by atoms with Crippen molar-refractivity contribution in [2.24, 2.45) is 0 Å². The largest absolute Gasteiger partial charge is 0.395 e. The van der Waals surface area contributed by atoms with Crippen LogP contribution in [0.25, 0.3) is 0 Å². The number of nitrogens with one attached hydrogen (secondary N) is 1. The smallest absolute Gasteiger partial charge is 0.0584 e. The second-order valence-electron chi connectivity index (χ2n) is 3.84. The third-order valence-electron chi connectivity index (χ3n) is 2.74. The lowest BCUT2D eigenvalue weighted by molar-refractivity contribution is 0.238. The van der Waals surface area contributed by atoms with Crippen molar-refractivity contribution in [3.8, 4) is 0 Å². The van der Waals surface area contributed by atoms with Crippen LogP contribution in [0.2, 0.25) is 0 Å². The molecule has 0 fully saturated rings. The van der Waals surface area contributed by atoms with Gasteiger partial charge >= 0.3 is 0 Å². The van der Waals surface area contributed by atoms with E-state index in [-0.39, 0.29) is 12.6 Å². The van der Waals surface area contributed by atoms with Crippen LogP contribution in [0.3, 0.4) is 0 Å². The molecular formula is C13H21NO. The minimum atomic E-state index is 0.212. The van der Waals surface area contributed by atoms with Gasteiger partial charge in [0.1, 0.15) is 0 Å². The number of aliphatic hydroxyl groups excluding tert-OH is 1. The maximum absolute atomic E-state index is 9.02. The lowest BCUT2D eigenvalue weighted by Gasteiger charge is -2.13. The van der Waals surface area contributed by atoms with E-state index in [0.717, 1.165) is 19.4 Å². The van der Waals surface area contributed by atoms with Crippen LogP contribution in [0.1, 0.15) is 31.4 Å². The maximum atomic E-state index is 9.02. The Kier molecular flexibility index (Phi) is 5.37. The molecule has 2 heteroatoms. The van der Waals surface area contributed by atoms with Crippen molar-refractivity contribution in [3.63, 3.8) is 0 Å². The highest BCUT2D eigenvalue weighted by molar-refractivity contribution is 5.22. The lowest BCUT2D eigenvalue weighted by Crippen LogP contribution is -2.31. The Balaban J connectivity index is 2.43. The molecule has 0 spiro atoms. The summed E-state index contributed by atoms with van der Waals surface area (Å²) in [4.78, 5) is 0. The van der Waals surface area contributed by atoms with Crippen LogP contribution in [-0.4, -0.2) is 17.8 Å². The molecule has 0 aliphatic heterocycles. The summed E-state index contributed by atoms with van der Waals surface area (Å²) in [5.41, 5.74) is 2.65. The van der Waals surface area contributed by atoms with Crippen LogP contribution in [0.5, 0.6) is 0 Å². The molecule has 0 saturated heterocycles. The van der Waals surface area contributed by atoms with Gasteiger partial charge in [-0.05, 0) is 24.0 Å². The van der Waals surface area contributed by atoms with E-state index in [0.29, 0.717) is 0 Å². The first-order valence-corrected chi connectivity index (χ1v) is 5.72. The highest BCUT2D eigenvalue weighted by Gasteiger charge is 2.02. The maximum Gasteiger partial charge on any atom is 0.0584 e. The predicted molar refractivity (Wildman–Crippen MR) is 63.8 cm³/mol. The second-order valence-corrected chi connectivity index (χ2v) is 3.84. The third-order valence-corrected chi connectivity index (χ3v) is 2.74. The minimum absolute atomic E-state index is 0.212. The van der Waals surface area contributed by atoms with Crippen LogP contribution in [0.15, 0.2) is 24.3 Å². The molecule has 0 saturated carbocycles. The van der Waals surface area contributed by atoms with E-state index >= 15 is 0 Å². The van der Waals surface area contributed by atoms with Crippen molar-refractivity contribution in [1.29, 1.82) is 0 Å². The Bertz CT molecular complexity index is 264. The fourth-order valence-electron chi connectivity index (χ4n) is 1.49. The molecule has 1 atom stereocenters. The summed E-state index contributed by atoms with van der Waals surface area (Å²) in [7, 11) is 0. The average Bonchev–Trinajstić information content (AvgIpc) is 2.31. The zero-order valence-electron chi connectivity index (χ0n) is 9.66. The van der Waals surface area contributed by atoms with Crippen LogP contribution in [-0.2, 0) is 13.0 Å². The average molecular weight is 207 g/mol. The van der Waals surface area contributed by atoms with Crippen molar-refractivity contribution in [1.82, 2.24) is 5.32 Å². The highest BCUT2D eigenvalue weighted by atomic mass is 16.3. The molecule has 0 bridgehead atoms. The molecule has 0 heterocycles. The van der Waals surface area contributed by atoms with Crippen molar-refractivity contribution in [3.05, 3.63) is 35.4 Å². The molecular weight excluding hydrogens is 186 g/mol. The minimum Gasteiger partial charge on any atom is -0.395 e. The molecule has 2 N–H and O–H groups in total. The first-order valence-electron chi connectivity index (χ1n) is 5.72. The van der Waals surface area contributed by atoms with E-state index in [2.05, 4.69) is 43.4 Å². The molecule has 1 unspecified atom stereocenters. The Morgan fingerprint density at radius 2 is 1.73 bits per heavy atom. The summed E-state index contributed by atoms with van der Waals surface area (Å²) >= 11 is 0. The zero-order chi connectivity index (χ0) is 11.1. The van der Waals surface area contributed by atoms with E-state index in [1.54, 1.807) is 0 Å². The van der Waals surface area contributed by atoms with Gasteiger partial charge in [-0.2, -0.15) is 0 Å². The normalized spacial score (nSPS) is 12.7. The predicted octanol–water partition coefficient (Wildman–Crippen LogP) is 2.11. The molecule has 1 aromatic rings. The third kappa shape index (κ3) is 4.02. The van der Waals surface area contributed by atoms with Gasteiger partial charge in [-0.1, -0.05) is 38.1 Å². The monoisotopic (exact) mass is 207 g/mol. The van der Waals surface area contributed by atoms with Gasteiger partial charge in [0.15, 0.2) is 0 Å². The van der Waals surface area contributed by atoms with Crippen LogP contribution < -0.4 is 5.32 Å². The Morgan fingerprint density at radius 1 is 1.13 bits per heavy atom. The second kappa shape index (κ2) is 6.59. The first kappa shape index (κ1) is 12.2. The Labute approximate surface area is 92.3 Å². The number of benzene rings is 1. The molecule has 84 valence electrons. The SMILES string of the molecule is CCc1ccc(CNC(CC)CO)cc1. The van der Waals surface area contributed by atoms with E-state index < -0.39 is 0 Å². The van der Waals surface area contributed by atoms with E-state index in [1.165, 1.54) is 11.1 Å². The topological polar surface area (TPSA) is 32.3 Å². The fraction of sp³-hybridized carbons (Fsp3) is 0.538. The number of hydrogen-bond donors (Lipinski definition) is 2. The van der Waals surface area contributed by atoms with Crippen LogP contribution in [0.4, 0.5) is 0 Å². The van der Waals surface area contributed by atoms with Gasteiger partial charge in [-0.3, -0.25) is 0 Å². The van der Waals surface area contributed by atoms with Crippen LogP contribution in [0, 0.1) is 0 Å². The van der Waals surface area contributed by atoms with Crippen molar-refractivity contribution in [2.75, 3.05) is 6.61 Å². The molecule has 1 aromatic carbocycles. The molecule has 2 nitrogen and oxygen atoms in total. The van der Waals surface area contributed by atoms with Gasteiger partial charge in [0.25, 0.3) is 0 Å². The number of aliphatic hydroxyl groups is 1. The molecule has 0 radical (unpaired) electrons. The molecule has 0 aromatic heterocycles. The summed E-state index contributed by atoms with van der Waals surface area (Å²) in [5.74, 6) is 0. The summed E-state index contributed by atoms with van der Waals surface area (Å²) in [6.45, 7) is 5.28. The molecule has 0 aliphatic rings. The number of rotatable bonds is 6. The van der Waals surface area contributed by atoms with Gasteiger partial charge in [0.05, 0.1) is 6.61 Å². The van der Waals surface area contributed by atoms with Crippen molar-refractivity contribution >= 4 is 0 Å². The summed E-state index contributed by atoms with van der Waals surface area (Å²) in [6.07, 6.45) is 2.05. The molecule has 0 aliphatic carbocycles. The van der Waals surface area contributed by atoms with Gasteiger partial charge in [0, 0.05) is 12.6 Å². The lowest BCUT2D eigenvalue weighted by atomic mass is 10.1. The zero-order valence-corrected chi connectivity index (χ0v) is 9.66. The summed E-state index contributed by atoms with van der Waals surface area (Å²) < 4.78 is 0. The molecule has 1 rings (SSSR count). The van der Waals surface area contributed by atoms with Gasteiger partial charge in [0.2, 0.25) is 0 Å². The van der Waals surface area contributed by atoms with E-state index in [9.17, 15) is 0 Å². The standard InChI is InChI=1S/C13H21NO/c1-3-11-5-7-12(8-6-11)9-14-13(4-2)10-15/h5-8,13-15H,3-4,9-10H2,1-2H3. The Hall–Kier alpha value is -0.860. The molecule has 0 amide bonds. The van der Waals surface area contributed by atoms with Gasteiger partial charge in [-0.15, -0.1) is 0 Å². The van der Waals surface area contributed by atoms with Gasteiger partial charge < -0.3 is 10.4 Å². The summed E-state index contributed by atoms with van der Waals surface area (Å²) in [6, 6.07) is 8.84. The highest BCUT2D eigenvalue weighted by Crippen LogP contribution is 2.05. The van der Waals surface area contributed by atoms with Crippen molar-refractivity contribution in [2.45, 2.75) is 39.3 Å². The van der Waals surface area contributed by atoms with Crippen LogP contribution >= 0.6 is 0 Å². The summed E-state index contributed by atoms with van der Waals surface area (Å²) in [5, 5.41) is 12.3. The fourth-order valence-corrected chi connectivity index (χ4v) is 1.49. The number of hydrogen-bond acceptors (Lipinski definition) is 2. The van der Waals surface area contributed by atoms with E-state index in [4.69, 9.17) is 5.11 Å². The Morgan fingerprint density at radius 3 is 2.20 bits per heavy atom. The van der Waals surface area contributed by atoms with Gasteiger partial charge in [-0.25, -0.2) is 0 Å². The van der Waals surface area contributed by atoms with E-state index in [1.807, 2.05) is 0 Å². The molecule has 15 heavy (non-hydrogen) atoms. The first-order chi connectivity index (χ1) is 7.30. The quantitative estimate of drug-likeness (QED) is 0.749. The number of aryl methyl sites for hydroxylation is 1.